The van der Waals surface area contributed by atoms with Crippen LogP contribution in [-0.4, -0.2) is 46.9 Å². The van der Waals surface area contributed by atoms with Crippen molar-refractivity contribution < 1.29 is 18.3 Å². The summed E-state index contributed by atoms with van der Waals surface area (Å²) in [6, 6.07) is 0. The average Bonchev–Trinajstić information content (AvgIpc) is 2.77. The number of hydrogen-bond donors (Lipinski definition) is 2. The van der Waals surface area contributed by atoms with Crippen LogP contribution in [0.3, 0.4) is 0 Å². The number of carboxylic acid groups (broad SMARTS) is 1. The first-order valence-corrected chi connectivity index (χ1v) is 7.10. The van der Waals surface area contributed by atoms with Crippen LogP contribution in [0.1, 0.15) is 18.7 Å². The van der Waals surface area contributed by atoms with Gasteiger partial charge in [-0.25, -0.2) is 13.4 Å². The third-order valence-corrected chi connectivity index (χ3v) is 4.81. The van der Waals surface area contributed by atoms with Crippen LogP contribution in [0.2, 0.25) is 0 Å². The maximum Gasteiger partial charge on any atom is 0.307 e. The first-order chi connectivity index (χ1) is 8.41. The standard InChI is InChI=1S/C10H15N3O4S/c1-7-11-5-9(12-7)18(16,17)13-4-2-3-8(6-13)10(14)15/h5,8H,2-4,6H2,1H3,(H,11,12)(H,14,15)/t8-/m1/s1. The highest BCUT2D eigenvalue weighted by atomic mass is 32.2. The van der Waals surface area contributed by atoms with Gasteiger partial charge in [-0.2, -0.15) is 4.31 Å². The molecule has 1 aromatic rings. The highest BCUT2D eigenvalue weighted by molar-refractivity contribution is 7.89. The molecule has 0 aromatic carbocycles. The van der Waals surface area contributed by atoms with Gasteiger partial charge in [0, 0.05) is 13.1 Å². The molecule has 2 N–H and O–H groups in total. The SMILES string of the molecule is Cc1ncc(S(=O)(=O)N2CCC[C@@H](C(=O)O)C2)[nH]1. The third kappa shape index (κ3) is 2.39. The van der Waals surface area contributed by atoms with E-state index in [1.807, 2.05) is 0 Å². The topological polar surface area (TPSA) is 103 Å². The summed E-state index contributed by atoms with van der Waals surface area (Å²) in [4.78, 5) is 17.4. The molecule has 1 aliphatic rings. The monoisotopic (exact) mass is 273 g/mol. The summed E-state index contributed by atoms with van der Waals surface area (Å²) in [5.74, 6) is -1.06. The van der Waals surface area contributed by atoms with Crippen molar-refractivity contribution in [2.45, 2.75) is 24.8 Å². The fraction of sp³-hybridized carbons (Fsp3) is 0.600. The van der Waals surface area contributed by atoms with E-state index in [1.165, 1.54) is 10.5 Å². The van der Waals surface area contributed by atoms with Crippen LogP contribution in [-0.2, 0) is 14.8 Å². The summed E-state index contributed by atoms with van der Waals surface area (Å²) in [5, 5.41) is 8.97. The molecule has 1 saturated heterocycles. The van der Waals surface area contributed by atoms with Crippen molar-refractivity contribution in [3.63, 3.8) is 0 Å². The molecule has 1 fully saturated rings. The maximum atomic E-state index is 12.2. The van der Waals surface area contributed by atoms with Gasteiger partial charge in [-0.15, -0.1) is 0 Å². The van der Waals surface area contributed by atoms with Gasteiger partial charge in [-0.1, -0.05) is 0 Å². The molecule has 0 spiro atoms. The van der Waals surface area contributed by atoms with E-state index in [-0.39, 0.29) is 11.6 Å². The van der Waals surface area contributed by atoms with E-state index in [9.17, 15) is 13.2 Å². The Morgan fingerprint density at radius 2 is 2.33 bits per heavy atom. The Morgan fingerprint density at radius 1 is 1.61 bits per heavy atom. The van der Waals surface area contributed by atoms with Gasteiger partial charge in [0.15, 0.2) is 5.03 Å². The highest BCUT2D eigenvalue weighted by Crippen LogP contribution is 2.22. The van der Waals surface area contributed by atoms with Crippen LogP contribution in [0.4, 0.5) is 0 Å². The largest absolute Gasteiger partial charge is 0.481 e. The Hall–Kier alpha value is -1.41. The van der Waals surface area contributed by atoms with E-state index in [2.05, 4.69) is 9.97 Å². The van der Waals surface area contributed by atoms with Crippen molar-refractivity contribution in [2.75, 3.05) is 13.1 Å². The fourth-order valence-electron chi connectivity index (χ4n) is 2.03. The lowest BCUT2D eigenvalue weighted by atomic mass is 10.0. The Balaban J connectivity index is 2.22. The first kappa shape index (κ1) is 13.0. The number of hydrogen-bond acceptors (Lipinski definition) is 4. The fourth-order valence-corrected chi connectivity index (χ4v) is 3.52. The number of aromatic amines is 1. The van der Waals surface area contributed by atoms with Gasteiger partial charge >= 0.3 is 5.97 Å². The number of carbonyl (C=O) groups is 1. The third-order valence-electron chi connectivity index (χ3n) is 3.03. The number of piperidine rings is 1. The molecule has 2 rings (SSSR count). The number of rotatable bonds is 3. The second-order valence-corrected chi connectivity index (χ2v) is 6.28. The smallest absolute Gasteiger partial charge is 0.307 e. The van der Waals surface area contributed by atoms with Gasteiger partial charge in [0.05, 0.1) is 12.1 Å². The van der Waals surface area contributed by atoms with Crippen LogP contribution in [0, 0.1) is 12.8 Å². The Labute approximate surface area is 105 Å². The Morgan fingerprint density at radius 3 is 2.89 bits per heavy atom. The molecule has 0 amide bonds. The molecular formula is C10H15N3O4S. The minimum atomic E-state index is -3.66. The van der Waals surface area contributed by atoms with Crippen molar-refractivity contribution in [2.24, 2.45) is 5.92 Å². The van der Waals surface area contributed by atoms with Crippen molar-refractivity contribution in [3.8, 4) is 0 Å². The summed E-state index contributed by atoms with van der Waals surface area (Å²) >= 11 is 0. The van der Waals surface area contributed by atoms with Gasteiger partial charge in [0.2, 0.25) is 0 Å². The van der Waals surface area contributed by atoms with Crippen LogP contribution >= 0.6 is 0 Å². The molecule has 1 aliphatic heterocycles. The van der Waals surface area contributed by atoms with E-state index in [0.29, 0.717) is 25.2 Å². The number of aliphatic carboxylic acids is 1. The number of imidazole rings is 1. The van der Waals surface area contributed by atoms with Gasteiger partial charge in [0.25, 0.3) is 10.0 Å². The molecule has 2 heterocycles. The second kappa shape index (κ2) is 4.69. The van der Waals surface area contributed by atoms with Crippen LogP contribution in [0.5, 0.6) is 0 Å². The van der Waals surface area contributed by atoms with Gasteiger partial charge in [0.1, 0.15) is 5.82 Å². The molecule has 0 unspecified atom stereocenters. The lowest BCUT2D eigenvalue weighted by molar-refractivity contribution is -0.142. The summed E-state index contributed by atoms with van der Waals surface area (Å²) in [6.45, 7) is 2.04. The normalized spacial score (nSPS) is 21.9. The van der Waals surface area contributed by atoms with Gasteiger partial charge < -0.3 is 10.1 Å². The number of H-pyrrole nitrogens is 1. The summed E-state index contributed by atoms with van der Waals surface area (Å²) in [7, 11) is -3.66. The van der Waals surface area contributed by atoms with Crippen molar-refractivity contribution in [3.05, 3.63) is 12.0 Å². The number of nitrogens with zero attached hydrogens (tertiary/aromatic N) is 2. The summed E-state index contributed by atoms with van der Waals surface area (Å²) in [5.41, 5.74) is 0. The minimum absolute atomic E-state index is 0.0195. The molecule has 7 nitrogen and oxygen atoms in total. The number of aryl methyl sites for hydroxylation is 1. The van der Waals surface area contributed by atoms with Gasteiger partial charge in [-0.05, 0) is 19.8 Å². The average molecular weight is 273 g/mol. The van der Waals surface area contributed by atoms with Crippen LogP contribution in [0.15, 0.2) is 11.2 Å². The van der Waals surface area contributed by atoms with Crippen LogP contribution in [0.25, 0.3) is 0 Å². The molecule has 0 saturated carbocycles. The zero-order valence-corrected chi connectivity index (χ0v) is 10.8. The predicted molar refractivity (Wildman–Crippen MR) is 62.4 cm³/mol. The van der Waals surface area contributed by atoms with Gasteiger partial charge in [-0.3, -0.25) is 4.79 Å². The molecule has 100 valence electrons. The van der Waals surface area contributed by atoms with E-state index < -0.39 is 21.9 Å². The van der Waals surface area contributed by atoms with E-state index >= 15 is 0 Å². The van der Waals surface area contributed by atoms with E-state index in [4.69, 9.17) is 5.11 Å². The molecular weight excluding hydrogens is 258 g/mol. The first-order valence-electron chi connectivity index (χ1n) is 5.66. The number of carboxylic acids is 1. The summed E-state index contributed by atoms with van der Waals surface area (Å²) < 4.78 is 25.7. The summed E-state index contributed by atoms with van der Waals surface area (Å²) in [6.07, 6.45) is 2.34. The highest BCUT2D eigenvalue weighted by Gasteiger charge is 2.34. The quantitative estimate of drug-likeness (QED) is 0.819. The molecule has 1 atom stereocenters. The maximum absolute atomic E-state index is 12.2. The van der Waals surface area contributed by atoms with E-state index in [0.717, 1.165) is 0 Å². The second-order valence-electron chi connectivity index (χ2n) is 4.37. The van der Waals surface area contributed by atoms with Crippen molar-refractivity contribution >= 4 is 16.0 Å². The zero-order valence-electron chi connectivity index (χ0n) is 9.96. The zero-order chi connectivity index (χ0) is 13.3. The molecule has 0 aliphatic carbocycles. The van der Waals surface area contributed by atoms with E-state index in [1.54, 1.807) is 6.92 Å². The lowest BCUT2D eigenvalue weighted by Gasteiger charge is -2.29. The van der Waals surface area contributed by atoms with Crippen LogP contribution < -0.4 is 0 Å². The molecule has 1 aromatic heterocycles. The van der Waals surface area contributed by atoms with Crippen molar-refractivity contribution in [1.82, 2.24) is 14.3 Å². The molecule has 0 bridgehead atoms. The lowest BCUT2D eigenvalue weighted by Crippen LogP contribution is -2.42. The molecule has 8 heteroatoms. The molecule has 0 radical (unpaired) electrons. The van der Waals surface area contributed by atoms with Crippen molar-refractivity contribution in [1.29, 1.82) is 0 Å². The Kier molecular flexibility index (Phi) is 3.40. The minimum Gasteiger partial charge on any atom is -0.481 e. The number of sulfonamides is 1. The number of nitrogens with one attached hydrogen (secondary N) is 1. The predicted octanol–water partition coefficient (Wildman–Crippen LogP) is 0.203. The number of aromatic nitrogens is 2. The molecule has 18 heavy (non-hydrogen) atoms. The Bertz CT molecular complexity index is 551.